The lowest BCUT2D eigenvalue weighted by Crippen LogP contribution is -2.61. The lowest BCUT2D eigenvalue weighted by atomic mass is 9.66. The molecule has 3 aliphatic rings. The summed E-state index contributed by atoms with van der Waals surface area (Å²) in [6, 6.07) is -1.46. The molecule has 6 atom stereocenters. The maximum absolute atomic E-state index is 14.1. The van der Waals surface area contributed by atoms with E-state index in [1.165, 1.54) is 4.90 Å². The SMILES string of the molecule is C=CCN(C(=O)C1N([C@@H](CC)CO)C(=O)[C@@H]2[C@@H](C(=O)OCC)[C@@]3(C)CCC12O3)C(C)(C)C. The van der Waals surface area contributed by atoms with E-state index >= 15 is 0 Å². The summed E-state index contributed by atoms with van der Waals surface area (Å²) in [5, 5.41) is 10.1. The molecular formula is C24H38N2O6. The number of hydrogen-bond acceptors (Lipinski definition) is 6. The predicted molar refractivity (Wildman–Crippen MR) is 119 cm³/mol. The second-order valence-corrected chi connectivity index (χ2v) is 10.4. The fourth-order valence-corrected chi connectivity index (χ4v) is 6.01. The van der Waals surface area contributed by atoms with E-state index in [0.717, 1.165) is 0 Å². The van der Waals surface area contributed by atoms with E-state index < -0.39 is 46.6 Å². The number of esters is 1. The number of amides is 2. The smallest absolute Gasteiger partial charge is 0.312 e. The number of carbonyl (C=O) groups excluding carboxylic acids is 3. The second-order valence-electron chi connectivity index (χ2n) is 10.4. The Kier molecular flexibility index (Phi) is 6.52. The fourth-order valence-electron chi connectivity index (χ4n) is 6.01. The molecule has 1 spiro atoms. The van der Waals surface area contributed by atoms with Crippen molar-refractivity contribution in [3.8, 4) is 0 Å². The number of ether oxygens (including phenoxy) is 2. The van der Waals surface area contributed by atoms with Gasteiger partial charge in [-0.3, -0.25) is 14.4 Å². The van der Waals surface area contributed by atoms with Gasteiger partial charge in [-0.2, -0.15) is 0 Å². The monoisotopic (exact) mass is 450 g/mol. The Morgan fingerprint density at radius 1 is 1.38 bits per heavy atom. The van der Waals surface area contributed by atoms with Crippen LogP contribution < -0.4 is 0 Å². The minimum atomic E-state index is -1.12. The number of fused-ring (bicyclic) bond motifs is 1. The molecule has 0 aliphatic carbocycles. The molecule has 8 nitrogen and oxygen atoms in total. The molecule has 3 fully saturated rings. The van der Waals surface area contributed by atoms with Gasteiger partial charge in [0.1, 0.15) is 17.6 Å². The van der Waals surface area contributed by atoms with Crippen LogP contribution in [0.2, 0.25) is 0 Å². The zero-order valence-corrected chi connectivity index (χ0v) is 20.2. The highest BCUT2D eigenvalue weighted by molar-refractivity contribution is 5.99. The van der Waals surface area contributed by atoms with Crippen molar-refractivity contribution >= 4 is 17.8 Å². The predicted octanol–water partition coefficient (Wildman–Crippen LogP) is 1.90. The number of likely N-dealkylation sites (tertiary alicyclic amines) is 1. The lowest BCUT2D eigenvalue weighted by Gasteiger charge is -2.43. The van der Waals surface area contributed by atoms with Gasteiger partial charge in [-0.1, -0.05) is 13.0 Å². The van der Waals surface area contributed by atoms with Crippen molar-refractivity contribution in [3.63, 3.8) is 0 Å². The van der Waals surface area contributed by atoms with Crippen molar-refractivity contribution in [1.82, 2.24) is 9.80 Å². The first-order valence-electron chi connectivity index (χ1n) is 11.7. The van der Waals surface area contributed by atoms with Crippen molar-refractivity contribution in [2.45, 2.75) is 89.6 Å². The van der Waals surface area contributed by atoms with Gasteiger partial charge >= 0.3 is 5.97 Å². The number of carbonyl (C=O) groups is 3. The molecular weight excluding hydrogens is 412 g/mol. The van der Waals surface area contributed by atoms with Crippen LogP contribution in [-0.2, 0) is 23.9 Å². The molecule has 3 saturated heterocycles. The molecule has 2 bridgehead atoms. The van der Waals surface area contributed by atoms with Crippen LogP contribution in [0.3, 0.4) is 0 Å². The molecule has 32 heavy (non-hydrogen) atoms. The van der Waals surface area contributed by atoms with Crippen molar-refractivity contribution in [2.24, 2.45) is 11.8 Å². The number of aliphatic hydroxyl groups is 1. The molecule has 0 radical (unpaired) electrons. The van der Waals surface area contributed by atoms with Gasteiger partial charge in [0.05, 0.1) is 30.8 Å². The Morgan fingerprint density at radius 2 is 2.03 bits per heavy atom. The van der Waals surface area contributed by atoms with Crippen LogP contribution in [0.1, 0.15) is 60.8 Å². The largest absolute Gasteiger partial charge is 0.466 e. The van der Waals surface area contributed by atoms with Gasteiger partial charge in [0.2, 0.25) is 11.8 Å². The van der Waals surface area contributed by atoms with Crippen LogP contribution >= 0.6 is 0 Å². The summed E-state index contributed by atoms with van der Waals surface area (Å²) in [4.78, 5) is 44.2. The van der Waals surface area contributed by atoms with Crippen LogP contribution in [0, 0.1) is 11.8 Å². The molecule has 3 rings (SSSR count). The molecule has 8 heteroatoms. The van der Waals surface area contributed by atoms with E-state index in [4.69, 9.17) is 9.47 Å². The fraction of sp³-hybridized carbons (Fsp3) is 0.792. The van der Waals surface area contributed by atoms with Gasteiger partial charge in [-0.15, -0.1) is 6.58 Å². The molecule has 180 valence electrons. The molecule has 1 N–H and O–H groups in total. The van der Waals surface area contributed by atoms with E-state index in [1.54, 1.807) is 17.9 Å². The Hall–Kier alpha value is -1.93. The molecule has 0 aromatic carbocycles. The topological polar surface area (TPSA) is 96.4 Å². The van der Waals surface area contributed by atoms with Gasteiger partial charge in [-0.25, -0.2) is 0 Å². The molecule has 0 saturated carbocycles. The van der Waals surface area contributed by atoms with Crippen molar-refractivity contribution < 1.29 is 29.0 Å². The van der Waals surface area contributed by atoms with Crippen molar-refractivity contribution in [2.75, 3.05) is 19.8 Å². The summed E-state index contributed by atoms with van der Waals surface area (Å²) < 4.78 is 11.9. The summed E-state index contributed by atoms with van der Waals surface area (Å²) in [6.07, 6.45) is 3.20. The Labute approximate surface area is 190 Å². The third kappa shape index (κ3) is 3.46. The average Bonchev–Trinajstić information content (AvgIpc) is 3.27. The van der Waals surface area contributed by atoms with Crippen molar-refractivity contribution in [1.29, 1.82) is 0 Å². The maximum atomic E-state index is 14.1. The molecule has 3 heterocycles. The standard InChI is InChI=1S/C24H38N2O6/c1-8-13-25(22(4,5)6)20(29)18-24-12-11-23(7,32-24)17(21(30)31-10-3)16(24)19(28)26(18)15(9-2)14-27/h8,15-18,27H,1,9-14H2,2-7H3/t15-,16-,17-,18?,23+,24?/m0/s1. The minimum absolute atomic E-state index is 0.205. The van der Waals surface area contributed by atoms with Gasteiger partial charge < -0.3 is 24.4 Å². The highest BCUT2D eigenvalue weighted by Crippen LogP contribution is 2.63. The summed E-state index contributed by atoms with van der Waals surface area (Å²) in [7, 11) is 0. The Morgan fingerprint density at radius 3 is 2.53 bits per heavy atom. The number of hydrogen-bond donors (Lipinski definition) is 1. The first-order valence-corrected chi connectivity index (χ1v) is 11.7. The van der Waals surface area contributed by atoms with Crippen LogP contribution in [0.15, 0.2) is 12.7 Å². The van der Waals surface area contributed by atoms with Gasteiger partial charge in [0, 0.05) is 12.1 Å². The molecule has 0 aromatic heterocycles. The molecule has 3 aliphatic heterocycles. The van der Waals surface area contributed by atoms with Gasteiger partial charge in [0.25, 0.3) is 0 Å². The van der Waals surface area contributed by atoms with E-state index in [1.807, 2.05) is 34.6 Å². The quantitative estimate of drug-likeness (QED) is 0.448. The number of rotatable bonds is 8. The normalized spacial score (nSPS) is 34.4. The third-order valence-corrected chi connectivity index (χ3v) is 7.45. The third-order valence-electron chi connectivity index (χ3n) is 7.45. The molecule has 0 aromatic rings. The minimum Gasteiger partial charge on any atom is -0.466 e. The second kappa shape index (κ2) is 8.45. The van der Waals surface area contributed by atoms with E-state index in [9.17, 15) is 19.5 Å². The van der Waals surface area contributed by atoms with E-state index in [0.29, 0.717) is 25.8 Å². The number of aliphatic hydroxyl groups excluding tert-OH is 1. The lowest BCUT2D eigenvalue weighted by molar-refractivity contribution is -0.162. The van der Waals surface area contributed by atoms with Gasteiger partial charge in [-0.05, 0) is 53.9 Å². The van der Waals surface area contributed by atoms with Crippen LogP contribution in [0.4, 0.5) is 0 Å². The Balaban J connectivity index is 2.16. The zero-order chi connectivity index (χ0) is 24.1. The van der Waals surface area contributed by atoms with Crippen LogP contribution in [0.5, 0.6) is 0 Å². The van der Waals surface area contributed by atoms with Crippen LogP contribution in [-0.4, -0.2) is 81.3 Å². The Bertz CT molecular complexity index is 788. The van der Waals surface area contributed by atoms with E-state index in [2.05, 4.69) is 6.58 Å². The molecule has 2 amide bonds. The summed E-state index contributed by atoms with van der Waals surface area (Å²) in [5.74, 6) is -2.59. The first-order chi connectivity index (χ1) is 14.9. The van der Waals surface area contributed by atoms with Crippen molar-refractivity contribution in [3.05, 3.63) is 12.7 Å². The average molecular weight is 451 g/mol. The maximum Gasteiger partial charge on any atom is 0.312 e. The van der Waals surface area contributed by atoms with E-state index in [-0.39, 0.29) is 25.0 Å². The zero-order valence-electron chi connectivity index (χ0n) is 20.2. The summed E-state index contributed by atoms with van der Waals surface area (Å²) >= 11 is 0. The summed E-state index contributed by atoms with van der Waals surface area (Å²) in [6.45, 7) is 15.3. The number of nitrogens with zero attached hydrogens (tertiary/aromatic N) is 2. The first kappa shape index (κ1) is 24.7. The highest BCUT2D eigenvalue weighted by Gasteiger charge is 2.79. The summed E-state index contributed by atoms with van der Waals surface area (Å²) in [5.41, 5.74) is -2.49. The van der Waals surface area contributed by atoms with Crippen LogP contribution in [0.25, 0.3) is 0 Å². The van der Waals surface area contributed by atoms with Gasteiger partial charge in [0.15, 0.2) is 0 Å². The highest BCUT2D eigenvalue weighted by atomic mass is 16.6. The molecule has 2 unspecified atom stereocenters.